The maximum atomic E-state index is 11.9. The van der Waals surface area contributed by atoms with Gasteiger partial charge in [0, 0.05) is 26.1 Å². The lowest BCUT2D eigenvalue weighted by Crippen LogP contribution is -2.41. The summed E-state index contributed by atoms with van der Waals surface area (Å²) in [5.74, 6) is 0.995. The first-order valence-corrected chi connectivity index (χ1v) is 7.76. The maximum Gasteiger partial charge on any atom is 0.219 e. The average Bonchev–Trinajstić information content (AvgIpc) is 2.94. The number of benzene rings is 1. The Labute approximate surface area is 127 Å². The number of likely N-dealkylation sites (N-methyl/N-ethyl adjacent to an activating group) is 1. The van der Waals surface area contributed by atoms with E-state index in [1.165, 1.54) is 12.8 Å². The molecule has 0 spiro atoms. The number of methoxy groups -OCH3 is 1. The Morgan fingerprint density at radius 3 is 2.67 bits per heavy atom. The molecule has 1 saturated heterocycles. The van der Waals surface area contributed by atoms with Crippen LogP contribution in [0.5, 0.6) is 5.75 Å². The molecule has 0 bridgehead atoms. The van der Waals surface area contributed by atoms with Crippen molar-refractivity contribution in [3.63, 3.8) is 0 Å². The second-order valence-electron chi connectivity index (χ2n) is 5.67. The lowest BCUT2D eigenvalue weighted by atomic mass is 10.1. The molecule has 0 radical (unpaired) electrons. The number of rotatable bonds is 6. The van der Waals surface area contributed by atoms with Gasteiger partial charge in [-0.05, 0) is 43.6 Å². The molecular formula is C17H26N2O2. The van der Waals surface area contributed by atoms with Crippen molar-refractivity contribution in [2.24, 2.45) is 0 Å². The number of hydrogen-bond donors (Lipinski definition) is 0. The van der Waals surface area contributed by atoms with E-state index in [0.29, 0.717) is 12.6 Å². The number of carbonyl (C=O) groups excluding carboxylic acids is 1. The Morgan fingerprint density at radius 2 is 2.10 bits per heavy atom. The molecule has 21 heavy (non-hydrogen) atoms. The summed E-state index contributed by atoms with van der Waals surface area (Å²) in [4.78, 5) is 16.4. The Balaban J connectivity index is 1.99. The molecule has 1 aliphatic heterocycles. The molecule has 4 nitrogen and oxygen atoms in total. The summed E-state index contributed by atoms with van der Waals surface area (Å²) in [6, 6.07) is 8.46. The highest BCUT2D eigenvalue weighted by molar-refractivity contribution is 5.73. The smallest absolute Gasteiger partial charge is 0.219 e. The summed E-state index contributed by atoms with van der Waals surface area (Å²) < 4.78 is 5.17. The van der Waals surface area contributed by atoms with Crippen LogP contribution < -0.4 is 4.74 Å². The number of hydrogen-bond acceptors (Lipinski definition) is 3. The minimum atomic E-state index is 0.147. The highest BCUT2D eigenvalue weighted by Gasteiger charge is 2.26. The number of carbonyl (C=O) groups is 1. The molecule has 1 unspecified atom stereocenters. The van der Waals surface area contributed by atoms with Gasteiger partial charge in [-0.25, -0.2) is 0 Å². The van der Waals surface area contributed by atoms with Gasteiger partial charge in [0.15, 0.2) is 0 Å². The number of nitrogens with zero attached hydrogens (tertiary/aromatic N) is 2. The Hall–Kier alpha value is -1.55. The Bertz CT molecular complexity index is 458. The molecule has 1 aliphatic rings. The first-order valence-electron chi connectivity index (χ1n) is 7.76. The van der Waals surface area contributed by atoms with E-state index in [1.807, 2.05) is 29.2 Å². The van der Waals surface area contributed by atoms with Gasteiger partial charge in [-0.1, -0.05) is 19.1 Å². The van der Waals surface area contributed by atoms with Crippen molar-refractivity contribution in [2.45, 2.75) is 39.3 Å². The van der Waals surface area contributed by atoms with E-state index in [4.69, 9.17) is 4.74 Å². The zero-order valence-corrected chi connectivity index (χ0v) is 13.3. The first-order chi connectivity index (χ1) is 10.1. The van der Waals surface area contributed by atoms with E-state index in [-0.39, 0.29) is 5.91 Å². The largest absolute Gasteiger partial charge is 0.497 e. The van der Waals surface area contributed by atoms with Crippen LogP contribution >= 0.6 is 0 Å². The molecule has 0 aliphatic carbocycles. The molecule has 0 saturated carbocycles. The Kier molecular flexibility index (Phi) is 5.62. The SMILES string of the molecule is CCN1CCCC1CN(Cc1ccc(OC)cc1)C(C)=O. The summed E-state index contributed by atoms with van der Waals surface area (Å²) in [5.41, 5.74) is 1.15. The van der Waals surface area contributed by atoms with Crippen molar-refractivity contribution in [3.8, 4) is 5.75 Å². The van der Waals surface area contributed by atoms with Crippen molar-refractivity contribution < 1.29 is 9.53 Å². The van der Waals surface area contributed by atoms with E-state index >= 15 is 0 Å². The molecule has 1 aromatic rings. The lowest BCUT2D eigenvalue weighted by Gasteiger charge is -2.29. The Morgan fingerprint density at radius 1 is 1.38 bits per heavy atom. The summed E-state index contributed by atoms with van der Waals surface area (Å²) in [5, 5.41) is 0. The van der Waals surface area contributed by atoms with Gasteiger partial charge in [0.05, 0.1) is 7.11 Å². The quantitative estimate of drug-likeness (QED) is 0.807. The third kappa shape index (κ3) is 4.21. The normalized spacial score (nSPS) is 18.7. The third-order valence-electron chi connectivity index (χ3n) is 4.31. The van der Waals surface area contributed by atoms with E-state index in [0.717, 1.165) is 30.9 Å². The van der Waals surface area contributed by atoms with Crippen LogP contribution in [0.25, 0.3) is 0 Å². The van der Waals surface area contributed by atoms with Gasteiger partial charge in [-0.3, -0.25) is 9.69 Å². The highest BCUT2D eigenvalue weighted by atomic mass is 16.5. The summed E-state index contributed by atoms with van der Waals surface area (Å²) in [7, 11) is 1.66. The van der Waals surface area contributed by atoms with Gasteiger partial charge in [-0.15, -0.1) is 0 Å². The van der Waals surface area contributed by atoms with E-state index in [9.17, 15) is 4.79 Å². The van der Waals surface area contributed by atoms with Crippen molar-refractivity contribution in [1.82, 2.24) is 9.80 Å². The maximum absolute atomic E-state index is 11.9. The fourth-order valence-electron chi connectivity index (χ4n) is 3.03. The molecule has 1 heterocycles. The fraction of sp³-hybridized carbons (Fsp3) is 0.588. The number of ether oxygens (including phenoxy) is 1. The van der Waals surface area contributed by atoms with Gasteiger partial charge in [0.1, 0.15) is 5.75 Å². The minimum Gasteiger partial charge on any atom is -0.497 e. The molecule has 0 aromatic heterocycles. The van der Waals surface area contributed by atoms with Crippen LogP contribution in [0, 0.1) is 0 Å². The predicted octanol–water partition coefficient (Wildman–Crippen LogP) is 2.53. The molecule has 4 heteroatoms. The van der Waals surface area contributed by atoms with Crippen LogP contribution in [0.15, 0.2) is 24.3 Å². The molecule has 1 aromatic carbocycles. The molecular weight excluding hydrogens is 264 g/mol. The average molecular weight is 290 g/mol. The van der Waals surface area contributed by atoms with Gasteiger partial charge in [-0.2, -0.15) is 0 Å². The topological polar surface area (TPSA) is 32.8 Å². The molecule has 1 atom stereocenters. The van der Waals surface area contributed by atoms with Crippen molar-refractivity contribution in [1.29, 1.82) is 0 Å². The second-order valence-corrected chi connectivity index (χ2v) is 5.67. The second kappa shape index (κ2) is 7.46. The summed E-state index contributed by atoms with van der Waals surface area (Å²) in [6.07, 6.45) is 2.44. The number of likely N-dealkylation sites (tertiary alicyclic amines) is 1. The van der Waals surface area contributed by atoms with Crippen LogP contribution in [0.1, 0.15) is 32.3 Å². The summed E-state index contributed by atoms with van der Waals surface area (Å²) in [6.45, 7) is 7.59. The molecule has 0 N–H and O–H groups in total. The van der Waals surface area contributed by atoms with Crippen molar-refractivity contribution >= 4 is 5.91 Å². The standard InChI is InChI=1S/C17H26N2O2/c1-4-18-11-5-6-16(18)13-19(14(2)20)12-15-7-9-17(21-3)10-8-15/h7-10,16H,4-6,11-13H2,1-3H3. The molecule has 116 valence electrons. The highest BCUT2D eigenvalue weighted by Crippen LogP contribution is 2.19. The van der Waals surface area contributed by atoms with Crippen molar-refractivity contribution in [3.05, 3.63) is 29.8 Å². The van der Waals surface area contributed by atoms with Gasteiger partial charge in [0.25, 0.3) is 0 Å². The first kappa shape index (κ1) is 15.8. The zero-order chi connectivity index (χ0) is 15.2. The van der Waals surface area contributed by atoms with Crippen LogP contribution in [0.2, 0.25) is 0 Å². The number of amides is 1. The van der Waals surface area contributed by atoms with Gasteiger partial charge in [0.2, 0.25) is 5.91 Å². The monoisotopic (exact) mass is 290 g/mol. The zero-order valence-electron chi connectivity index (χ0n) is 13.3. The third-order valence-corrected chi connectivity index (χ3v) is 4.31. The van der Waals surface area contributed by atoms with Crippen molar-refractivity contribution in [2.75, 3.05) is 26.7 Å². The van der Waals surface area contributed by atoms with Gasteiger partial charge < -0.3 is 9.64 Å². The van der Waals surface area contributed by atoms with E-state index in [1.54, 1.807) is 14.0 Å². The fourth-order valence-corrected chi connectivity index (χ4v) is 3.03. The van der Waals surface area contributed by atoms with Gasteiger partial charge >= 0.3 is 0 Å². The van der Waals surface area contributed by atoms with Crippen LogP contribution in [-0.4, -0.2) is 48.5 Å². The van der Waals surface area contributed by atoms with Crippen LogP contribution in [0.3, 0.4) is 0 Å². The molecule has 2 rings (SSSR count). The van der Waals surface area contributed by atoms with E-state index in [2.05, 4.69) is 11.8 Å². The molecule has 1 fully saturated rings. The predicted molar refractivity (Wildman–Crippen MR) is 84.4 cm³/mol. The summed E-state index contributed by atoms with van der Waals surface area (Å²) >= 11 is 0. The van der Waals surface area contributed by atoms with Crippen LogP contribution in [0.4, 0.5) is 0 Å². The molecule has 1 amide bonds. The van der Waals surface area contributed by atoms with E-state index < -0.39 is 0 Å². The van der Waals surface area contributed by atoms with Crippen LogP contribution in [-0.2, 0) is 11.3 Å². The minimum absolute atomic E-state index is 0.147. The lowest BCUT2D eigenvalue weighted by molar-refractivity contribution is -0.130.